The van der Waals surface area contributed by atoms with Gasteiger partial charge in [-0.1, -0.05) is 41.9 Å². The second kappa shape index (κ2) is 4.25. The summed E-state index contributed by atoms with van der Waals surface area (Å²) in [6.45, 7) is 0. The molecule has 0 spiro atoms. The summed E-state index contributed by atoms with van der Waals surface area (Å²) in [5.41, 5.74) is 1.66. The Bertz CT molecular complexity index is 497. The normalized spacial score (nSPS) is 10.3. The minimum absolute atomic E-state index is 0.250. The van der Waals surface area contributed by atoms with Gasteiger partial charge in [0.05, 0.1) is 5.02 Å². The molecule has 0 radical (unpaired) electrons. The molecule has 0 saturated carbocycles. The quantitative estimate of drug-likeness (QED) is 0.818. The Morgan fingerprint density at radius 2 is 1.60 bits per heavy atom. The van der Waals surface area contributed by atoms with Crippen molar-refractivity contribution in [3.63, 3.8) is 0 Å². The first-order valence-corrected chi connectivity index (χ1v) is 5.59. The highest BCUT2D eigenvalue weighted by Crippen LogP contribution is 2.37. The van der Waals surface area contributed by atoms with Gasteiger partial charge in [-0.2, -0.15) is 0 Å². The molecule has 0 aliphatic rings. The molecule has 1 N–H and O–H groups in total. The number of para-hydroxylation sites is 1. The second-order valence-electron chi connectivity index (χ2n) is 3.12. The Morgan fingerprint density at radius 1 is 0.933 bits per heavy atom. The smallest absolute Gasteiger partial charge is 0.123 e. The van der Waals surface area contributed by atoms with Crippen LogP contribution in [0.2, 0.25) is 5.02 Å². The zero-order valence-electron chi connectivity index (χ0n) is 7.74. The van der Waals surface area contributed by atoms with E-state index in [1.165, 1.54) is 0 Å². The zero-order valence-corrected chi connectivity index (χ0v) is 10.1. The minimum Gasteiger partial charge on any atom is -0.507 e. The molecule has 2 rings (SSSR count). The van der Waals surface area contributed by atoms with E-state index in [1.807, 2.05) is 24.3 Å². The second-order valence-corrected chi connectivity index (χ2v) is 4.32. The van der Waals surface area contributed by atoms with Crippen molar-refractivity contribution in [3.8, 4) is 16.9 Å². The van der Waals surface area contributed by atoms with Gasteiger partial charge in [-0.05, 0) is 28.1 Å². The molecular formula is C12H8BrClO. The summed E-state index contributed by atoms with van der Waals surface area (Å²) in [7, 11) is 0. The molecule has 2 aromatic rings. The van der Waals surface area contributed by atoms with Gasteiger partial charge < -0.3 is 5.11 Å². The summed E-state index contributed by atoms with van der Waals surface area (Å²) in [6.07, 6.45) is 0. The molecule has 0 aromatic heterocycles. The number of hydrogen-bond acceptors (Lipinski definition) is 1. The number of hydrogen-bond donors (Lipinski definition) is 1. The number of aromatic hydroxyl groups is 1. The van der Waals surface area contributed by atoms with Crippen molar-refractivity contribution in [3.05, 3.63) is 52.0 Å². The topological polar surface area (TPSA) is 20.2 Å². The van der Waals surface area contributed by atoms with E-state index in [0.29, 0.717) is 5.02 Å². The van der Waals surface area contributed by atoms with Crippen LogP contribution >= 0.6 is 27.5 Å². The van der Waals surface area contributed by atoms with Gasteiger partial charge in [-0.15, -0.1) is 0 Å². The Balaban J connectivity index is 2.65. The highest BCUT2D eigenvalue weighted by atomic mass is 79.9. The van der Waals surface area contributed by atoms with Crippen molar-refractivity contribution in [2.45, 2.75) is 0 Å². The summed E-state index contributed by atoms with van der Waals surface area (Å²) in [5.74, 6) is 0.250. The van der Waals surface area contributed by atoms with Crippen LogP contribution < -0.4 is 0 Å². The van der Waals surface area contributed by atoms with E-state index in [0.717, 1.165) is 15.6 Å². The number of phenols is 1. The molecule has 2 aromatic carbocycles. The molecule has 76 valence electrons. The van der Waals surface area contributed by atoms with Crippen LogP contribution in [-0.4, -0.2) is 5.11 Å². The van der Waals surface area contributed by atoms with Crippen LogP contribution in [0.25, 0.3) is 11.1 Å². The van der Waals surface area contributed by atoms with E-state index >= 15 is 0 Å². The summed E-state index contributed by atoms with van der Waals surface area (Å²) in [6, 6.07) is 12.7. The Hall–Kier alpha value is -0.990. The van der Waals surface area contributed by atoms with Gasteiger partial charge in [0.1, 0.15) is 5.75 Å². The first-order valence-electron chi connectivity index (χ1n) is 4.42. The summed E-state index contributed by atoms with van der Waals surface area (Å²) < 4.78 is 0.799. The average Bonchev–Trinajstić information content (AvgIpc) is 2.23. The maximum absolute atomic E-state index is 9.72. The molecule has 15 heavy (non-hydrogen) atoms. The van der Waals surface area contributed by atoms with Gasteiger partial charge in [-0.25, -0.2) is 0 Å². The van der Waals surface area contributed by atoms with Gasteiger partial charge in [0.25, 0.3) is 0 Å². The van der Waals surface area contributed by atoms with E-state index in [1.54, 1.807) is 18.2 Å². The van der Waals surface area contributed by atoms with Gasteiger partial charge in [0.15, 0.2) is 0 Å². The van der Waals surface area contributed by atoms with Crippen LogP contribution in [0.1, 0.15) is 0 Å². The van der Waals surface area contributed by atoms with Crippen LogP contribution in [0.5, 0.6) is 5.75 Å². The highest BCUT2D eigenvalue weighted by Gasteiger charge is 2.08. The third-order valence-corrected chi connectivity index (χ3v) is 3.54. The fraction of sp³-hybridized carbons (Fsp3) is 0. The van der Waals surface area contributed by atoms with Crippen LogP contribution in [0.3, 0.4) is 0 Å². The molecule has 0 heterocycles. The van der Waals surface area contributed by atoms with Crippen LogP contribution in [0.15, 0.2) is 46.9 Å². The SMILES string of the molecule is Oc1ccccc1-c1cccc(Cl)c1Br. The Morgan fingerprint density at radius 3 is 2.33 bits per heavy atom. The summed E-state index contributed by atoms with van der Waals surface area (Å²) >= 11 is 9.40. The van der Waals surface area contributed by atoms with Crippen molar-refractivity contribution < 1.29 is 5.11 Å². The molecule has 0 bridgehead atoms. The third kappa shape index (κ3) is 2.01. The first-order chi connectivity index (χ1) is 7.20. The lowest BCUT2D eigenvalue weighted by molar-refractivity contribution is 0.477. The van der Waals surface area contributed by atoms with Crippen LogP contribution in [0, 0.1) is 0 Å². The maximum Gasteiger partial charge on any atom is 0.123 e. The fourth-order valence-corrected chi connectivity index (χ4v) is 2.07. The van der Waals surface area contributed by atoms with Crippen molar-refractivity contribution in [1.29, 1.82) is 0 Å². The van der Waals surface area contributed by atoms with Crippen molar-refractivity contribution in [1.82, 2.24) is 0 Å². The number of phenolic OH excluding ortho intramolecular Hbond substituents is 1. The van der Waals surface area contributed by atoms with Crippen LogP contribution in [-0.2, 0) is 0 Å². The van der Waals surface area contributed by atoms with Crippen molar-refractivity contribution in [2.24, 2.45) is 0 Å². The largest absolute Gasteiger partial charge is 0.507 e. The van der Waals surface area contributed by atoms with E-state index < -0.39 is 0 Å². The van der Waals surface area contributed by atoms with E-state index in [-0.39, 0.29) is 5.75 Å². The standard InChI is InChI=1S/C12H8BrClO/c13-12-9(5-3-6-10(12)14)8-4-1-2-7-11(8)15/h1-7,15H. The third-order valence-electron chi connectivity index (χ3n) is 2.15. The highest BCUT2D eigenvalue weighted by molar-refractivity contribution is 9.10. The van der Waals surface area contributed by atoms with Gasteiger partial charge in [0.2, 0.25) is 0 Å². The molecule has 0 aliphatic heterocycles. The lowest BCUT2D eigenvalue weighted by Crippen LogP contribution is -1.81. The monoisotopic (exact) mass is 282 g/mol. The molecule has 0 unspecified atom stereocenters. The van der Waals surface area contributed by atoms with Gasteiger partial charge in [0, 0.05) is 15.6 Å². The molecule has 3 heteroatoms. The number of halogens is 2. The number of rotatable bonds is 1. The molecular weight excluding hydrogens is 275 g/mol. The first kappa shape index (κ1) is 10.5. The molecule has 0 atom stereocenters. The maximum atomic E-state index is 9.72. The van der Waals surface area contributed by atoms with Gasteiger partial charge >= 0.3 is 0 Å². The van der Waals surface area contributed by atoms with Crippen molar-refractivity contribution >= 4 is 27.5 Å². The predicted molar refractivity (Wildman–Crippen MR) is 66.3 cm³/mol. The summed E-state index contributed by atoms with van der Waals surface area (Å²) in [5, 5.41) is 10.4. The number of benzene rings is 2. The fourth-order valence-electron chi connectivity index (χ4n) is 1.41. The lowest BCUT2D eigenvalue weighted by atomic mass is 10.1. The summed E-state index contributed by atoms with van der Waals surface area (Å²) in [4.78, 5) is 0. The average molecular weight is 284 g/mol. The Kier molecular flexibility index (Phi) is 2.98. The Labute approximate surface area is 101 Å². The minimum atomic E-state index is 0.250. The van der Waals surface area contributed by atoms with E-state index in [2.05, 4.69) is 15.9 Å². The van der Waals surface area contributed by atoms with Crippen LogP contribution in [0.4, 0.5) is 0 Å². The molecule has 0 saturated heterocycles. The molecule has 0 amide bonds. The zero-order chi connectivity index (χ0) is 10.8. The molecule has 1 nitrogen and oxygen atoms in total. The van der Waals surface area contributed by atoms with E-state index in [9.17, 15) is 5.11 Å². The predicted octanol–water partition coefficient (Wildman–Crippen LogP) is 4.48. The lowest BCUT2D eigenvalue weighted by Gasteiger charge is -2.07. The molecule has 0 aliphatic carbocycles. The molecule has 0 fully saturated rings. The van der Waals surface area contributed by atoms with E-state index in [4.69, 9.17) is 11.6 Å². The van der Waals surface area contributed by atoms with Crippen molar-refractivity contribution in [2.75, 3.05) is 0 Å². The van der Waals surface area contributed by atoms with Gasteiger partial charge in [-0.3, -0.25) is 0 Å².